The van der Waals surface area contributed by atoms with E-state index in [1.165, 1.54) is 0 Å². The molecule has 0 spiro atoms. The van der Waals surface area contributed by atoms with Crippen LogP contribution in [-0.2, 0) is 11.2 Å². The molecule has 0 amide bonds. The fourth-order valence-electron chi connectivity index (χ4n) is 3.31. The minimum atomic E-state index is 0.0372. The Hall–Kier alpha value is -1.74. The van der Waals surface area contributed by atoms with Crippen LogP contribution in [0.2, 0.25) is 0 Å². The van der Waals surface area contributed by atoms with Crippen molar-refractivity contribution in [3.8, 4) is 0 Å². The van der Waals surface area contributed by atoms with Gasteiger partial charge in [-0.25, -0.2) is 0 Å². The van der Waals surface area contributed by atoms with Crippen molar-refractivity contribution in [2.75, 3.05) is 0 Å². The first-order valence-corrected chi connectivity index (χ1v) is 8.83. The molecule has 1 atom stereocenters. The maximum atomic E-state index is 12.9. The van der Waals surface area contributed by atoms with Gasteiger partial charge in [-0.3, -0.25) is 9.59 Å². The van der Waals surface area contributed by atoms with E-state index in [-0.39, 0.29) is 5.78 Å². The molecule has 2 nitrogen and oxygen atoms in total. The highest BCUT2D eigenvalue weighted by Gasteiger charge is 2.22. The molecule has 1 aliphatic carbocycles. The van der Waals surface area contributed by atoms with E-state index >= 15 is 0 Å². The molecule has 2 aromatic carbocycles. The second-order valence-electron chi connectivity index (χ2n) is 6.17. The number of rotatable bonds is 4. The van der Waals surface area contributed by atoms with Crippen LogP contribution in [0.15, 0.2) is 53.0 Å². The van der Waals surface area contributed by atoms with Crippen LogP contribution < -0.4 is 0 Å². The summed E-state index contributed by atoms with van der Waals surface area (Å²) in [4.78, 5) is 24.6. The molecule has 0 N–H and O–H groups in total. The molecule has 2 aromatic rings. The normalized spacial score (nSPS) is 18.0. The Morgan fingerprint density at radius 2 is 1.74 bits per heavy atom. The maximum Gasteiger partial charge on any atom is 0.194 e. The van der Waals surface area contributed by atoms with Crippen LogP contribution in [0, 0.1) is 5.92 Å². The van der Waals surface area contributed by atoms with Crippen LogP contribution >= 0.6 is 15.9 Å². The van der Waals surface area contributed by atoms with Gasteiger partial charge in [0.1, 0.15) is 5.78 Å². The lowest BCUT2D eigenvalue weighted by molar-refractivity contribution is -0.121. The molecular formula is C20H19BrO2. The van der Waals surface area contributed by atoms with E-state index in [1.54, 1.807) is 0 Å². The van der Waals surface area contributed by atoms with Gasteiger partial charge in [-0.05, 0) is 42.9 Å². The number of hydrogen-bond donors (Lipinski definition) is 0. The molecule has 0 unspecified atom stereocenters. The lowest BCUT2D eigenvalue weighted by Crippen LogP contribution is -2.18. The van der Waals surface area contributed by atoms with Crippen molar-refractivity contribution in [2.24, 2.45) is 5.92 Å². The van der Waals surface area contributed by atoms with Gasteiger partial charge in [0.15, 0.2) is 5.78 Å². The molecule has 0 aromatic heterocycles. The van der Waals surface area contributed by atoms with E-state index in [2.05, 4.69) is 15.9 Å². The van der Waals surface area contributed by atoms with E-state index in [9.17, 15) is 9.59 Å². The molecular weight excluding hydrogens is 352 g/mol. The van der Waals surface area contributed by atoms with Crippen LogP contribution in [-0.4, -0.2) is 11.6 Å². The van der Waals surface area contributed by atoms with Crippen molar-refractivity contribution in [1.29, 1.82) is 0 Å². The Morgan fingerprint density at radius 1 is 1.04 bits per heavy atom. The van der Waals surface area contributed by atoms with Gasteiger partial charge in [0.2, 0.25) is 0 Å². The van der Waals surface area contributed by atoms with Crippen molar-refractivity contribution in [1.82, 2.24) is 0 Å². The first-order chi connectivity index (χ1) is 11.1. The Bertz CT molecular complexity index is 736. The SMILES string of the molecule is O=C1CCC[C@@H](Cc2ccccc2C(=O)c2ccccc2Br)C1. The lowest BCUT2D eigenvalue weighted by Gasteiger charge is -2.21. The molecule has 0 aliphatic heterocycles. The molecule has 1 aliphatic rings. The highest BCUT2D eigenvalue weighted by Crippen LogP contribution is 2.28. The Morgan fingerprint density at radius 3 is 2.48 bits per heavy atom. The van der Waals surface area contributed by atoms with E-state index < -0.39 is 0 Å². The minimum Gasteiger partial charge on any atom is -0.300 e. The third kappa shape index (κ3) is 3.78. The highest BCUT2D eigenvalue weighted by atomic mass is 79.9. The molecule has 0 saturated heterocycles. The Balaban J connectivity index is 1.87. The first-order valence-electron chi connectivity index (χ1n) is 8.04. The predicted molar refractivity (Wildman–Crippen MR) is 94.7 cm³/mol. The molecule has 23 heavy (non-hydrogen) atoms. The van der Waals surface area contributed by atoms with Crippen molar-refractivity contribution in [3.63, 3.8) is 0 Å². The van der Waals surface area contributed by atoms with Gasteiger partial charge in [0.25, 0.3) is 0 Å². The molecule has 3 heteroatoms. The molecule has 0 heterocycles. The van der Waals surface area contributed by atoms with Gasteiger partial charge < -0.3 is 0 Å². The van der Waals surface area contributed by atoms with Crippen LogP contribution in [0.3, 0.4) is 0 Å². The van der Waals surface area contributed by atoms with Crippen LogP contribution in [0.5, 0.6) is 0 Å². The molecule has 0 bridgehead atoms. The molecule has 3 rings (SSSR count). The minimum absolute atomic E-state index is 0.0372. The monoisotopic (exact) mass is 370 g/mol. The second-order valence-corrected chi connectivity index (χ2v) is 7.03. The second kappa shape index (κ2) is 7.22. The summed E-state index contributed by atoms with van der Waals surface area (Å²) in [5, 5.41) is 0. The van der Waals surface area contributed by atoms with E-state index in [4.69, 9.17) is 0 Å². The average molecular weight is 371 g/mol. The number of ketones is 2. The fraction of sp³-hybridized carbons (Fsp3) is 0.300. The van der Waals surface area contributed by atoms with Gasteiger partial charge >= 0.3 is 0 Å². The number of Topliss-reactive ketones (excluding diaryl/α,β-unsaturated/α-hetero) is 1. The zero-order chi connectivity index (χ0) is 16.2. The standard InChI is InChI=1S/C20H19BrO2/c21-19-11-4-3-10-18(19)20(23)17-9-2-1-7-15(17)12-14-6-5-8-16(22)13-14/h1-4,7,9-11,14H,5-6,8,12-13H2/t14-/m0/s1. The average Bonchev–Trinajstić information content (AvgIpc) is 2.55. The van der Waals surface area contributed by atoms with E-state index in [0.29, 0.717) is 30.1 Å². The Kier molecular flexibility index (Phi) is 5.06. The summed E-state index contributed by atoms with van der Waals surface area (Å²) in [6.45, 7) is 0. The van der Waals surface area contributed by atoms with Crippen molar-refractivity contribution >= 4 is 27.5 Å². The summed E-state index contributed by atoms with van der Waals surface area (Å²) in [5.41, 5.74) is 2.48. The van der Waals surface area contributed by atoms with Gasteiger partial charge in [0, 0.05) is 28.4 Å². The van der Waals surface area contributed by atoms with E-state index in [0.717, 1.165) is 34.9 Å². The summed E-state index contributed by atoms with van der Waals surface area (Å²) in [5.74, 6) is 0.760. The largest absolute Gasteiger partial charge is 0.300 e. The number of carbonyl (C=O) groups is 2. The molecule has 1 saturated carbocycles. The third-order valence-electron chi connectivity index (χ3n) is 4.47. The van der Waals surface area contributed by atoms with Crippen molar-refractivity contribution in [2.45, 2.75) is 32.1 Å². The van der Waals surface area contributed by atoms with Crippen LogP contribution in [0.25, 0.3) is 0 Å². The summed E-state index contributed by atoms with van der Waals surface area (Å²) >= 11 is 3.46. The molecule has 118 valence electrons. The van der Waals surface area contributed by atoms with Crippen molar-refractivity contribution < 1.29 is 9.59 Å². The summed E-state index contributed by atoms with van der Waals surface area (Å²) < 4.78 is 0.813. The lowest BCUT2D eigenvalue weighted by atomic mass is 9.82. The van der Waals surface area contributed by atoms with Crippen LogP contribution in [0.4, 0.5) is 0 Å². The quantitative estimate of drug-likeness (QED) is 0.711. The summed E-state index contributed by atoms with van der Waals surface area (Å²) in [6.07, 6.45) is 4.22. The number of hydrogen-bond acceptors (Lipinski definition) is 2. The zero-order valence-electron chi connectivity index (χ0n) is 12.9. The van der Waals surface area contributed by atoms with Crippen LogP contribution in [0.1, 0.15) is 47.2 Å². The van der Waals surface area contributed by atoms with E-state index in [1.807, 2.05) is 48.5 Å². The molecule has 0 radical (unpaired) electrons. The summed E-state index contributed by atoms with van der Waals surface area (Å²) in [7, 11) is 0. The first kappa shape index (κ1) is 16.1. The topological polar surface area (TPSA) is 34.1 Å². The Labute approximate surface area is 145 Å². The third-order valence-corrected chi connectivity index (χ3v) is 5.16. The smallest absolute Gasteiger partial charge is 0.194 e. The number of carbonyl (C=O) groups excluding carboxylic acids is 2. The molecule has 1 fully saturated rings. The van der Waals surface area contributed by atoms with Gasteiger partial charge in [-0.2, -0.15) is 0 Å². The number of benzene rings is 2. The fourth-order valence-corrected chi connectivity index (χ4v) is 3.77. The summed E-state index contributed by atoms with van der Waals surface area (Å²) in [6, 6.07) is 15.3. The highest BCUT2D eigenvalue weighted by molar-refractivity contribution is 9.10. The predicted octanol–water partition coefficient (Wildman–Crippen LogP) is 4.98. The number of halogens is 1. The van der Waals surface area contributed by atoms with Gasteiger partial charge in [-0.1, -0.05) is 52.3 Å². The maximum absolute atomic E-state index is 12.9. The van der Waals surface area contributed by atoms with Gasteiger partial charge in [-0.15, -0.1) is 0 Å². The van der Waals surface area contributed by atoms with Gasteiger partial charge in [0.05, 0.1) is 0 Å². The zero-order valence-corrected chi connectivity index (χ0v) is 14.5. The van der Waals surface area contributed by atoms with Crippen molar-refractivity contribution in [3.05, 3.63) is 69.7 Å².